The Morgan fingerprint density at radius 1 is 1.13 bits per heavy atom. The summed E-state index contributed by atoms with van der Waals surface area (Å²) in [7, 11) is 3.79. The van der Waals surface area contributed by atoms with Gasteiger partial charge in [-0.3, -0.25) is 4.90 Å². The maximum absolute atomic E-state index is 12.0. The molecule has 12 heteroatoms. The van der Waals surface area contributed by atoms with Crippen molar-refractivity contribution in [1.29, 1.82) is 5.26 Å². The van der Waals surface area contributed by atoms with Crippen molar-refractivity contribution in [2.45, 2.75) is 43.9 Å². The minimum atomic E-state index is -1.03. The van der Waals surface area contributed by atoms with Gasteiger partial charge in [0.15, 0.2) is 0 Å². The van der Waals surface area contributed by atoms with Crippen LogP contribution >= 0.6 is 11.6 Å². The third-order valence-corrected chi connectivity index (χ3v) is 10.0. The normalized spacial score (nSPS) is 21.4. The summed E-state index contributed by atoms with van der Waals surface area (Å²) in [6.07, 6.45) is 1.69. The first-order valence-electron chi connectivity index (χ1n) is 16.0. The number of anilines is 1. The van der Waals surface area contributed by atoms with Crippen molar-refractivity contribution < 1.29 is 24.1 Å². The predicted octanol–water partition coefficient (Wildman–Crippen LogP) is 5.61. The smallest absolute Gasteiger partial charge is 0.407 e. The number of hydrogen-bond acceptors (Lipinski definition) is 9. The van der Waals surface area contributed by atoms with Crippen LogP contribution in [0.2, 0.25) is 5.02 Å². The van der Waals surface area contributed by atoms with Gasteiger partial charge in [0, 0.05) is 55.3 Å². The van der Waals surface area contributed by atoms with Gasteiger partial charge < -0.3 is 29.1 Å². The van der Waals surface area contributed by atoms with Gasteiger partial charge >= 0.3 is 12.1 Å². The first-order valence-corrected chi connectivity index (χ1v) is 16.4. The number of ether oxygens (including phenoxy) is 3. The molecule has 11 nitrogen and oxygen atoms in total. The van der Waals surface area contributed by atoms with Crippen molar-refractivity contribution in [3.8, 4) is 29.0 Å². The average Bonchev–Trinajstić information content (AvgIpc) is 3.45. The summed E-state index contributed by atoms with van der Waals surface area (Å²) >= 11 is 6.81. The molecule has 1 unspecified atom stereocenters. The second kappa shape index (κ2) is 13.0. The lowest BCUT2D eigenvalue weighted by Crippen LogP contribution is -2.55. The third-order valence-electron chi connectivity index (χ3n) is 9.71. The number of benzene rings is 3. The van der Waals surface area contributed by atoms with Crippen LogP contribution in [0.15, 0.2) is 42.5 Å². The van der Waals surface area contributed by atoms with E-state index in [9.17, 15) is 15.2 Å². The van der Waals surface area contributed by atoms with E-state index in [-0.39, 0.29) is 31.1 Å². The molecule has 2 saturated heterocycles. The lowest BCUT2D eigenvalue weighted by molar-refractivity contribution is 0.111. The van der Waals surface area contributed by atoms with Gasteiger partial charge in [-0.2, -0.15) is 15.2 Å². The number of halogens is 1. The third kappa shape index (κ3) is 5.86. The summed E-state index contributed by atoms with van der Waals surface area (Å²) < 4.78 is 18.4. The highest BCUT2D eigenvalue weighted by Crippen LogP contribution is 2.46. The van der Waals surface area contributed by atoms with Gasteiger partial charge in [-0.05, 0) is 55.0 Å². The number of aromatic nitrogens is 2. The molecule has 1 aromatic heterocycles. The molecule has 0 saturated carbocycles. The summed E-state index contributed by atoms with van der Waals surface area (Å²) in [6.45, 7) is 2.71. The van der Waals surface area contributed by atoms with E-state index in [4.69, 9.17) is 35.8 Å². The molecule has 3 atom stereocenters. The highest BCUT2D eigenvalue weighted by atomic mass is 35.5. The van der Waals surface area contributed by atoms with Crippen LogP contribution in [0.1, 0.15) is 24.8 Å². The van der Waals surface area contributed by atoms with Gasteiger partial charge in [-0.15, -0.1) is 0 Å². The van der Waals surface area contributed by atoms with Crippen LogP contribution in [0, 0.1) is 11.3 Å². The van der Waals surface area contributed by atoms with Crippen LogP contribution in [0.5, 0.6) is 11.8 Å². The monoisotopic (exact) mass is 656 g/mol. The van der Waals surface area contributed by atoms with Gasteiger partial charge in [-0.1, -0.05) is 41.9 Å². The number of carboxylic acid groups (broad SMARTS) is 1. The molecule has 3 aromatic carbocycles. The average molecular weight is 657 g/mol. The van der Waals surface area contributed by atoms with Crippen molar-refractivity contribution in [2.75, 3.05) is 58.5 Å². The number of methoxy groups -OCH3 is 1. The molecule has 0 radical (unpaired) electrons. The summed E-state index contributed by atoms with van der Waals surface area (Å²) in [5.74, 6) is 1.35. The Labute approximate surface area is 278 Å². The quantitative estimate of drug-likeness (QED) is 0.268. The molecule has 2 fully saturated rings. The predicted molar refractivity (Wildman–Crippen MR) is 180 cm³/mol. The van der Waals surface area contributed by atoms with Gasteiger partial charge in [0.05, 0.1) is 42.1 Å². The highest BCUT2D eigenvalue weighted by molar-refractivity contribution is 6.36. The Morgan fingerprint density at radius 3 is 2.72 bits per heavy atom. The zero-order chi connectivity index (χ0) is 32.7. The Bertz CT molecular complexity index is 1880. The molecular formula is C35H37ClN6O5. The van der Waals surface area contributed by atoms with Crippen LogP contribution < -0.4 is 14.4 Å². The molecule has 4 aromatic rings. The first kappa shape index (κ1) is 31.2. The van der Waals surface area contributed by atoms with E-state index in [1.54, 1.807) is 7.11 Å². The van der Waals surface area contributed by atoms with Gasteiger partial charge in [0.2, 0.25) is 0 Å². The number of rotatable bonds is 7. The maximum Gasteiger partial charge on any atom is 0.407 e. The van der Waals surface area contributed by atoms with Crippen LogP contribution in [-0.4, -0.2) is 103 Å². The zero-order valence-electron chi connectivity index (χ0n) is 26.5. The lowest BCUT2D eigenvalue weighted by atomic mass is 9.89. The maximum atomic E-state index is 12.0. The largest absolute Gasteiger partial charge is 0.492 e. The van der Waals surface area contributed by atoms with E-state index in [2.05, 4.69) is 42.3 Å². The number of nitriles is 1. The molecule has 1 amide bonds. The molecule has 7 rings (SSSR count). The summed E-state index contributed by atoms with van der Waals surface area (Å²) in [4.78, 5) is 27.6. The molecule has 0 spiro atoms. The number of amides is 1. The Kier molecular flexibility index (Phi) is 8.66. The number of hydrogen-bond donors (Lipinski definition) is 1. The number of carbonyl (C=O) groups is 1. The van der Waals surface area contributed by atoms with Crippen molar-refractivity contribution in [1.82, 2.24) is 19.8 Å². The molecule has 4 heterocycles. The molecule has 3 aliphatic rings. The van der Waals surface area contributed by atoms with E-state index in [1.807, 2.05) is 23.1 Å². The topological polar surface area (TPSA) is 124 Å². The van der Waals surface area contributed by atoms with Gasteiger partial charge in [-0.25, -0.2) is 4.79 Å². The lowest BCUT2D eigenvalue weighted by Gasteiger charge is -2.40. The number of nitrogens with zero attached hydrogens (tertiary/aromatic N) is 6. The minimum absolute atomic E-state index is 0.0739. The second-order valence-corrected chi connectivity index (χ2v) is 12.9. The number of fused-ring (bicyclic) bond motifs is 4. The van der Waals surface area contributed by atoms with Crippen molar-refractivity contribution in [3.05, 3.63) is 53.1 Å². The molecule has 1 N–H and O–H groups in total. The van der Waals surface area contributed by atoms with Crippen LogP contribution in [-0.2, 0) is 11.2 Å². The van der Waals surface area contributed by atoms with Crippen LogP contribution in [0.4, 0.5) is 10.6 Å². The van der Waals surface area contributed by atoms with Gasteiger partial charge in [0.1, 0.15) is 18.2 Å². The standard InChI is InChI=1S/C35H37ClN6O5/c1-40-19-24(45-2)16-23(40)20-47-34-38-29-17-27(25-8-3-6-21-7-4-10-28(36)30(21)25)26-9-5-15-46-32(26)31(29)33(39-34)41-13-14-42(35(43)44)22(18-41)11-12-37/h3-4,6-8,10,17,22-24H,5,9,11,13-16,18-20H2,1-2H3,(H,43,44)/t22?,23-,24-/m1/s1. The highest BCUT2D eigenvalue weighted by Gasteiger charge is 2.35. The molecular weight excluding hydrogens is 620 g/mol. The first-order chi connectivity index (χ1) is 22.9. The number of piperazine rings is 1. The molecule has 244 valence electrons. The van der Waals surface area contributed by atoms with Crippen LogP contribution in [0.3, 0.4) is 0 Å². The van der Waals surface area contributed by atoms with Gasteiger partial charge in [0.25, 0.3) is 0 Å². The molecule has 47 heavy (non-hydrogen) atoms. The molecule has 0 aliphatic carbocycles. The Morgan fingerprint density at radius 2 is 1.96 bits per heavy atom. The minimum Gasteiger partial charge on any atom is -0.492 e. The fraction of sp³-hybridized carbons (Fsp3) is 0.429. The van der Waals surface area contributed by atoms with Crippen molar-refractivity contribution in [2.24, 2.45) is 0 Å². The number of likely N-dealkylation sites (tertiary alicyclic amines) is 1. The summed E-state index contributed by atoms with van der Waals surface area (Å²) in [6, 6.07) is 16.2. The zero-order valence-corrected chi connectivity index (χ0v) is 27.2. The van der Waals surface area contributed by atoms with E-state index in [0.29, 0.717) is 42.7 Å². The second-order valence-electron chi connectivity index (χ2n) is 12.5. The summed E-state index contributed by atoms with van der Waals surface area (Å²) in [5, 5.41) is 22.8. The van der Waals surface area contributed by atoms with E-state index in [0.717, 1.165) is 64.4 Å². The molecule has 3 aliphatic heterocycles. The summed E-state index contributed by atoms with van der Waals surface area (Å²) in [5.41, 5.74) is 3.72. The van der Waals surface area contributed by atoms with E-state index < -0.39 is 12.1 Å². The number of likely N-dealkylation sites (N-methyl/N-ethyl adjacent to an activating group) is 1. The van der Waals surface area contributed by atoms with E-state index in [1.165, 1.54) is 4.90 Å². The SMILES string of the molecule is CO[C@@H]1C[C@H](COc2nc(N3CCN(C(=O)O)C(CC#N)C3)c3c4c(c(-c5cccc6cccc(Cl)c56)cc3n2)CCCO4)N(C)C1. The Hall–Kier alpha value is -4.37. The van der Waals surface area contributed by atoms with Crippen molar-refractivity contribution in [3.63, 3.8) is 0 Å². The Balaban J connectivity index is 1.39. The van der Waals surface area contributed by atoms with E-state index >= 15 is 0 Å². The van der Waals surface area contributed by atoms with Crippen LogP contribution in [0.25, 0.3) is 32.8 Å². The fourth-order valence-electron chi connectivity index (χ4n) is 7.29. The fourth-order valence-corrected chi connectivity index (χ4v) is 7.58. The molecule has 0 bridgehead atoms. The van der Waals surface area contributed by atoms with Crippen molar-refractivity contribution >= 4 is 45.2 Å².